The van der Waals surface area contributed by atoms with Crippen molar-refractivity contribution in [3.63, 3.8) is 0 Å². The molecule has 0 saturated heterocycles. The molecule has 0 spiro atoms. The summed E-state index contributed by atoms with van der Waals surface area (Å²) in [7, 11) is 0. The number of carboxylic acids is 1. The molecular formula is C14H16N2O5. The molecule has 2 N–H and O–H groups in total. The molecule has 7 nitrogen and oxygen atoms in total. The number of hydrogen-bond acceptors (Lipinski definition) is 4. The number of nitrogens with one attached hydrogen (secondary N) is 1. The first-order valence-electron chi connectivity index (χ1n) is 6.67. The van der Waals surface area contributed by atoms with Crippen LogP contribution in [0.2, 0.25) is 0 Å². The van der Waals surface area contributed by atoms with Gasteiger partial charge in [0.05, 0.1) is 4.92 Å². The van der Waals surface area contributed by atoms with Crippen LogP contribution in [-0.2, 0) is 4.79 Å². The minimum absolute atomic E-state index is 0.131. The largest absolute Gasteiger partial charge is 0.480 e. The molecule has 1 saturated carbocycles. The Morgan fingerprint density at radius 1 is 1.48 bits per heavy atom. The number of rotatable bonds is 6. The molecule has 0 aliphatic heterocycles. The van der Waals surface area contributed by atoms with Crippen molar-refractivity contribution in [3.05, 3.63) is 39.4 Å². The lowest BCUT2D eigenvalue weighted by Crippen LogP contribution is -2.41. The van der Waals surface area contributed by atoms with Gasteiger partial charge < -0.3 is 10.4 Å². The van der Waals surface area contributed by atoms with Crippen LogP contribution in [0.15, 0.2) is 18.2 Å². The molecule has 1 aliphatic rings. The Morgan fingerprint density at radius 2 is 2.14 bits per heavy atom. The zero-order valence-corrected chi connectivity index (χ0v) is 11.5. The maximum Gasteiger partial charge on any atom is 0.326 e. The molecule has 1 aliphatic carbocycles. The van der Waals surface area contributed by atoms with E-state index < -0.39 is 22.8 Å². The molecule has 1 unspecified atom stereocenters. The average Bonchev–Trinajstić information content (AvgIpc) is 3.21. The summed E-state index contributed by atoms with van der Waals surface area (Å²) in [6.45, 7) is 1.48. The van der Waals surface area contributed by atoms with Gasteiger partial charge in [0.1, 0.15) is 6.04 Å². The van der Waals surface area contributed by atoms with Gasteiger partial charge in [-0.05, 0) is 25.3 Å². The third-order valence-electron chi connectivity index (χ3n) is 3.62. The Bertz CT molecular complexity index is 595. The topological polar surface area (TPSA) is 110 Å². The van der Waals surface area contributed by atoms with Crippen LogP contribution in [0.5, 0.6) is 0 Å². The summed E-state index contributed by atoms with van der Waals surface area (Å²) in [6, 6.07) is 3.22. The van der Waals surface area contributed by atoms with E-state index in [1.807, 2.05) is 0 Å². The summed E-state index contributed by atoms with van der Waals surface area (Å²) in [5.41, 5.74) is 0.207. The predicted molar refractivity (Wildman–Crippen MR) is 74.1 cm³/mol. The summed E-state index contributed by atoms with van der Waals surface area (Å²) in [6.07, 6.45) is 2.36. The van der Waals surface area contributed by atoms with E-state index in [4.69, 9.17) is 5.11 Å². The molecule has 0 bridgehead atoms. The molecule has 1 amide bonds. The number of carbonyl (C=O) groups excluding carboxylic acids is 1. The van der Waals surface area contributed by atoms with E-state index in [9.17, 15) is 19.7 Å². The summed E-state index contributed by atoms with van der Waals surface area (Å²) in [5, 5.41) is 22.4. The SMILES string of the molecule is Cc1c(C(=O)NC(CC2CC2)C(=O)O)cccc1[N+](=O)[O-]. The van der Waals surface area contributed by atoms with Gasteiger partial charge in [-0.1, -0.05) is 18.9 Å². The van der Waals surface area contributed by atoms with Crippen molar-refractivity contribution >= 4 is 17.6 Å². The highest BCUT2D eigenvalue weighted by Gasteiger charge is 2.31. The lowest BCUT2D eigenvalue weighted by molar-refractivity contribution is -0.385. The summed E-state index contributed by atoms with van der Waals surface area (Å²) in [4.78, 5) is 33.6. The number of hydrogen-bond donors (Lipinski definition) is 2. The molecule has 1 fully saturated rings. The normalized spacial score (nSPS) is 15.3. The van der Waals surface area contributed by atoms with E-state index in [1.165, 1.54) is 25.1 Å². The Morgan fingerprint density at radius 3 is 2.67 bits per heavy atom. The van der Waals surface area contributed by atoms with E-state index in [1.54, 1.807) is 0 Å². The van der Waals surface area contributed by atoms with Gasteiger partial charge in [0.15, 0.2) is 0 Å². The maximum absolute atomic E-state index is 12.2. The first kappa shape index (κ1) is 15.0. The Labute approximate surface area is 121 Å². The minimum atomic E-state index is -1.08. The van der Waals surface area contributed by atoms with Crippen molar-refractivity contribution in [2.45, 2.75) is 32.2 Å². The van der Waals surface area contributed by atoms with Crippen molar-refractivity contribution in [3.8, 4) is 0 Å². The minimum Gasteiger partial charge on any atom is -0.480 e. The number of nitro groups is 1. The molecule has 0 aromatic heterocycles. The van der Waals surface area contributed by atoms with Crippen molar-refractivity contribution in [1.29, 1.82) is 0 Å². The molecule has 1 aromatic carbocycles. The quantitative estimate of drug-likeness (QED) is 0.614. The Hall–Kier alpha value is -2.44. The third-order valence-corrected chi connectivity index (χ3v) is 3.62. The summed E-state index contributed by atoms with van der Waals surface area (Å²) >= 11 is 0. The number of aliphatic carboxylic acids is 1. The van der Waals surface area contributed by atoms with Gasteiger partial charge in [0, 0.05) is 17.2 Å². The fourth-order valence-corrected chi connectivity index (χ4v) is 2.21. The van der Waals surface area contributed by atoms with Crippen molar-refractivity contribution in [2.24, 2.45) is 5.92 Å². The highest BCUT2D eigenvalue weighted by Crippen LogP contribution is 2.33. The van der Waals surface area contributed by atoms with Gasteiger partial charge >= 0.3 is 5.97 Å². The van der Waals surface area contributed by atoms with E-state index in [-0.39, 0.29) is 16.8 Å². The van der Waals surface area contributed by atoms with E-state index in [0.29, 0.717) is 12.3 Å². The highest BCUT2D eigenvalue weighted by molar-refractivity contribution is 5.98. The maximum atomic E-state index is 12.2. The molecule has 1 aromatic rings. The van der Waals surface area contributed by atoms with Crippen LogP contribution < -0.4 is 5.32 Å². The van der Waals surface area contributed by atoms with Crippen molar-refractivity contribution < 1.29 is 19.6 Å². The van der Waals surface area contributed by atoms with E-state index in [0.717, 1.165) is 12.8 Å². The monoisotopic (exact) mass is 292 g/mol. The van der Waals surface area contributed by atoms with Gasteiger partial charge in [0.25, 0.3) is 11.6 Å². The third kappa shape index (κ3) is 3.56. The predicted octanol–water partition coefficient (Wildman–Crippen LogP) is 1.89. The van der Waals surface area contributed by atoms with E-state index in [2.05, 4.69) is 5.32 Å². The zero-order valence-electron chi connectivity index (χ0n) is 11.5. The van der Waals surface area contributed by atoms with Gasteiger partial charge in [-0.25, -0.2) is 4.79 Å². The first-order chi connectivity index (χ1) is 9.90. The molecule has 1 atom stereocenters. The van der Waals surface area contributed by atoms with Crippen LogP contribution in [0.3, 0.4) is 0 Å². The highest BCUT2D eigenvalue weighted by atomic mass is 16.6. The number of amides is 1. The second kappa shape index (κ2) is 5.90. The lowest BCUT2D eigenvalue weighted by atomic mass is 10.0. The van der Waals surface area contributed by atoms with Crippen molar-refractivity contribution in [1.82, 2.24) is 5.32 Å². The van der Waals surface area contributed by atoms with Gasteiger partial charge in [-0.3, -0.25) is 14.9 Å². The molecule has 2 rings (SSSR count). The van der Waals surface area contributed by atoms with Crippen LogP contribution in [0.25, 0.3) is 0 Å². The Balaban J connectivity index is 2.17. The average molecular weight is 292 g/mol. The fraction of sp³-hybridized carbons (Fsp3) is 0.429. The standard InChI is InChI=1S/C14H16N2O5/c1-8-10(3-2-4-12(8)16(20)21)13(17)15-11(14(18)19)7-9-5-6-9/h2-4,9,11H,5-7H2,1H3,(H,15,17)(H,18,19). The van der Waals surface area contributed by atoms with Crippen LogP contribution >= 0.6 is 0 Å². The fourth-order valence-electron chi connectivity index (χ4n) is 2.21. The summed E-state index contributed by atoms with van der Waals surface area (Å²) in [5.74, 6) is -1.33. The first-order valence-corrected chi connectivity index (χ1v) is 6.67. The molecular weight excluding hydrogens is 276 g/mol. The zero-order chi connectivity index (χ0) is 15.6. The van der Waals surface area contributed by atoms with Crippen molar-refractivity contribution in [2.75, 3.05) is 0 Å². The number of carbonyl (C=O) groups is 2. The van der Waals surface area contributed by atoms with Gasteiger partial charge in [0.2, 0.25) is 0 Å². The van der Waals surface area contributed by atoms with E-state index >= 15 is 0 Å². The second-order valence-corrected chi connectivity index (χ2v) is 5.25. The molecule has 21 heavy (non-hydrogen) atoms. The lowest BCUT2D eigenvalue weighted by Gasteiger charge is -2.15. The number of nitro benzene ring substituents is 1. The van der Waals surface area contributed by atoms with Gasteiger partial charge in [-0.2, -0.15) is 0 Å². The Kier molecular flexibility index (Phi) is 4.21. The smallest absolute Gasteiger partial charge is 0.326 e. The molecule has 0 radical (unpaired) electrons. The van der Waals surface area contributed by atoms with Crippen LogP contribution in [0, 0.1) is 23.0 Å². The van der Waals surface area contributed by atoms with Crippen LogP contribution in [0.1, 0.15) is 35.2 Å². The number of carboxylic acid groups (broad SMARTS) is 1. The van der Waals surface area contributed by atoms with Crippen LogP contribution in [-0.4, -0.2) is 27.9 Å². The number of benzene rings is 1. The van der Waals surface area contributed by atoms with Crippen LogP contribution in [0.4, 0.5) is 5.69 Å². The number of nitrogens with zero attached hydrogens (tertiary/aromatic N) is 1. The second-order valence-electron chi connectivity index (χ2n) is 5.25. The molecule has 0 heterocycles. The van der Waals surface area contributed by atoms with Gasteiger partial charge in [-0.15, -0.1) is 0 Å². The molecule has 112 valence electrons. The molecule has 7 heteroatoms. The summed E-state index contributed by atoms with van der Waals surface area (Å²) < 4.78 is 0.